The van der Waals surface area contributed by atoms with Crippen LogP contribution in [-0.4, -0.2) is 76.0 Å². The van der Waals surface area contributed by atoms with Gasteiger partial charge in [0, 0.05) is 18.5 Å². The number of rotatable bonds is 19. The van der Waals surface area contributed by atoms with E-state index < -0.39 is 23.5 Å². The van der Waals surface area contributed by atoms with Gasteiger partial charge < -0.3 is 32.7 Å². The van der Waals surface area contributed by atoms with Gasteiger partial charge in [0.05, 0.1) is 18.6 Å². The Bertz CT molecular complexity index is 2090. The zero-order valence-electron chi connectivity index (χ0n) is 30.8. The number of nitrogens with zero attached hydrogens (tertiary/aromatic N) is 7. The third-order valence-electron chi connectivity index (χ3n) is 8.20. The number of ether oxygens (including phenoxy) is 3. The van der Waals surface area contributed by atoms with Crippen LogP contribution in [-0.2, 0) is 51.0 Å². The van der Waals surface area contributed by atoms with Crippen molar-refractivity contribution in [2.75, 3.05) is 13.2 Å². The number of carbonyl (C=O) groups is 2. The van der Waals surface area contributed by atoms with Crippen LogP contribution in [0.2, 0.25) is 0 Å². The maximum Gasteiger partial charge on any atom is 0.519 e. The van der Waals surface area contributed by atoms with Crippen LogP contribution in [0.25, 0.3) is 22.5 Å². The molecule has 0 bridgehead atoms. The molecule has 0 aliphatic heterocycles. The van der Waals surface area contributed by atoms with Crippen molar-refractivity contribution in [1.82, 2.24) is 35.1 Å². The number of aryl methyl sites for hydroxylation is 2. The zero-order chi connectivity index (χ0) is 39.5. The molecule has 3 N–H and O–H groups in total. The van der Waals surface area contributed by atoms with Crippen LogP contribution in [0.3, 0.4) is 0 Å². The smallest absolute Gasteiger partial charge is 0.453 e. The monoisotopic (exact) mass is 765 g/mol. The number of imidazole rings is 1. The summed E-state index contributed by atoms with van der Waals surface area (Å²) in [6, 6.07) is 15.2. The Balaban J connectivity index is 1.27. The molecule has 55 heavy (non-hydrogen) atoms. The molecule has 0 radical (unpaired) electrons. The van der Waals surface area contributed by atoms with Gasteiger partial charge in [-0.3, -0.25) is 15.3 Å². The van der Waals surface area contributed by atoms with E-state index >= 15 is 0 Å². The Kier molecular flexibility index (Phi) is 13.6. The first-order valence-corrected chi connectivity index (χ1v) is 17.5. The van der Waals surface area contributed by atoms with Gasteiger partial charge in [0.15, 0.2) is 23.8 Å². The molecular formula is C36H43N7O12. The molecule has 19 heteroatoms. The molecule has 0 atom stereocenters. The molecule has 3 aromatic heterocycles. The van der Waals surface area contributed by atoms with Gasteiger partial charge in [0.1, 0.15) is 17.1 Å². The van der Waals surface area contributed by atoms with Crippen molar-refractivity contribution in [2.45, 2.75) is 85.3 Å². The summed E-state index contributed by atoms with van der Waals surface area (Å²) in [6.07, 6.45) is 2.05. The lowest BCUT2D eigenvalue weighted by molar-refractivity contribution is -0.492. The fourth-order valence-corrected chi connectivity index (χ4v) is 5.57. The van der Waals surface area contributed by atoms with Crippen molar-refractivity contribution in [3.05, 3.63) is 93.4 Å². The highest BCUT2D eigenvalue weighted by Crippen LogP contribution is 2.31. The molecule has 3 heterocycles. The van der Waals surface area contributed by atoms with Crippen LogP contribution in [0.4, 0.5) is 4.79 Å². The molecule has 5 aromatic rings. The van der Waals surface area contributed by atoms with Gasteiger partial charge in [-0.05, 0) is 68.4 Å². The fraction of sp³-hybridized carbons (Fsp3) is 0.417. The molecule has 294 valence electrons. The van der Waals surface area contributed by atoms with Gasteiger partial charge in [-0.1, -0.05) is 55.5 Å². The SMILES string of the molecule is CCCc1nc(C(C)(C)O)c(C(=O)OCc2oc(=O)oc2C)n1Cc1ccc(-c2ccccc2-c2nnn(COC(=O)OCCCCCON(O)O)n2)cc1. The molecule has 0 saturated heterocycles. The van der Waals surface area contributed by atoms with Crippen LogP contribution in [0, 0.1) is 6.92 Å². The van der Waals surface area contributed by atoms with Crippen LogP contribution >= 0.6 is 0 Å². The summed E-state index contributed by atoms with van der Waals surface area (Å²) in [6.45, 7) is 6.39. The zero-order valence-corrected chi connectivity index (χ0v) is 30.8. The van der Waals surface area contributed by atoms with Crippen molar-refractivity contribution in [3.63, 3.8) is 0 Å². The van der Waals surface area contributed by atoms with Crippen LogP contribution in [0.5, 0.6) is 0 Å². The summed E-state index contributed by atoms with van der Waals surface area (Å²) >= 11 is 0. The Morgan fingerprint density at radius 1 is 0.945 bits per heavy atom. The number of hydrogen-bond donors (Lipinski definition) is 3. The second-order valence-corrected chi connectivity index (χ2v) is 12.9. The summed E-state index contributed by atoms with van der Waals surface area (Å²) in [5, 5.41) is 40.2. The molecule has 0 saturated carbocycles. The molecule has 0 aliphatic carbocycles. The van der Waals surface area contributed by atoms with Crippen LogP contribution in [0.15, 0.2) is 62.2 Å². The predicted molar refractivity (Wildman–Crippen MR) is 188 cm³/mol. The minimum Gasteiger partial charge on any atom is -0.453 e. The number of carbonyl (C=O) groups excluding carboxylic acids is 2. The summed E-state index contributed by atoms with van der Waals surface area (Å²) in [7, 11) is 0. The Morgan fingerprint density at radius 3 is 2.35 bits per heavy atom. The maximum absolute atomic E-state index is 13.6. The number of esters is 1. The quantitative estimate of drug-likeness (QED) is 0.0573. The van der Waals surface area contributed by atoms with E-state index in [9.17, 15) is 19.5 Å². The molecule has 5 rings (SSSR count). The Morgan fingerprint density at radius 2 is 1.67 bits per heavy atom. The molecule has 0 aliphatic rings. The minimum atomic E-state index is -1.47. The van der Waals surface area contributed by atoms with Crippen LogP contribution in [0.1, 0.15) is 85.5 Å². The first kappa shape index (κ1) is 40.5. The minimum absolute atomic E-state index is 0.0818. The fourth-order valence-electron chi connectivity index (χ4n) is 5.57. The van der Waals surface area contributed by atoms with Gasteiger partial charge in [-0.2, -0.15) is 0 Å². The number of aliphatic hydroxyl groups is 1. The highest BCUT2D eigenvalue weighted by Gasteiger charge is 2.33. The van der Waals surface area contributed by atoms with Crippen molar-refractivity contribution >= 4 is 12.1 Å². The molecular weight excluding hydrogens is 722 g/mol. The number of hydrogen-bond acceptors (Lipinski definition) is 17. The Hall–Kier alpha value is -5.73. The van der Waals surface area contributed by atoms with E-state index in [1.807, 2.05) is 55.5 Å². The normalized spacial score (nSPS) is 11.6. The second-order valence-electron chi connectivity index (χ2n) is 12.9. The van der Waals surface area contributed by atoms with Crippen molar-refractivity contribution in [2.24, 2.45) is 0 Å². The van der Waals surface area contributed by atoms with E-state index in [1.54, 1.807) is 18.4 Å². The average Bonchev–Trinajstić information content (AvgIpc) is 3.86. The van der Waals surface area contributed by atoms with Gasteiger partial charge in [0.2, 0.25) is 12.6 Å². The van der Waals surface area contributed by atoms with E-state index in [1.165, 1.54) is 6.92 Å². The predicted octanol–water partition coefficient (Wildman–Crippen LogP) is 4.94. The average molecular weight is 766 g/mol. The molecule has 19 nitrogen and oxygen atoms in total. The third-order valence-corrected chi connectivity index (χ3v) is 8.20. The Labute approximate surface area is 314 Å². The lowest BCUT2D eigenvalue weighted by Crippen LogP contribution is -2.23. The van der Waals surface area contributed by atoms with Crippen molar-refractivity contribution in [1.29, 1.82) is 0 Å². The van der Waals surface area contributed by atoms with E-state index in [0.29, 0.717) is 42.9 Å². The highest BCUT2D eigenvalue weighted by atomic mass is 17.1. The van der Waals surface area contributed by atoms with E-state index in [2.05, 4.69) is 25.2 Å². The standard InChI is InChI=1S/C36H43N7O12/c1-5-11-29-37-31(36(3,4)47)30(33(44)51-21-28-23(2)54-35(46)55-28)41(29)20-24-14-16-25(17-15-24)26-12-7-8-13-27(26)32-38-40-42(39-32)22-52-34(45)50-18-9-6-10-19-53-43(48)49/h7-8,12-17,47-49H,5-6,9-11,18-22H2,1-4H3. The molecule has 0 amide bonds. The van der Waals surface area contributed by atoms with Gasteiger partial charge in [0.25, 0.3) is 0 Å². The molecule has 2 aromatic carbocycles. The van der Waals surface area contributed by atoms with Gasteiger partial charge in [-0.15, -0.1) is 15.0 Å². The van der Waals surface area contributed by atoms with Gasteiger partial charge in [-0.25, -0.2) is 19.4 Å². The number of unbranched alkanes of at least 4 members (excludes halogenated alkanes) is 2. The van der Waals surface area contributed by atoms with Crippen molar-refractivity contribution < 1.29 is 53.0 Å². The third kappa shape index (κ3) is 10.9. The second kappa shape index (κ2) is 18.5. The van der Waals surface area contributed by atoms with E-state index in [0.717, 1.165) is 27.9 Å². The largest absolute Gasteiger partial charge is 0.519 e. The van der Waals surface area contributed by atoms with E-state index in [4.69, 9.17) is 33.5 Å². The highest BCUT2D eigenvalue weighted by molar-refractivity contribution is 5.89. The molecule has 0 fully saturated rings. The molecule has 0 unspecified atom stereocenters. The topological polar surface area (TPSA) is 240 Å². The van der Waals surface area contributed by atoms with Gasteiger partial charge >= 0.3 is 17.9 Å². The summed E-state index contributed by atoms with van der Waals surface area (Å²) < 4.78 is 27.3. The van der Waals surface area contributed by atoms with Crippen molar-refractivity contribution in [3.8, 4) is 22.5 Å². The van der Waals surface area contributed by atoms with E-state index in [-0.39, 0.29) is 61.4 Å². The lowest BCUT2D eigenvalue weighted by atomic mass is 9.98. The lowest BCUT2D eigenvalue weighted by Gasteiger charge is -2.17. The summed E-state index contributed by atoms with van der Waals surface area (Å²) in [5.74, 6) is -0.467. The maximum atomic E-state index is 13.6. The first-order chi connectivity index (χ1) is 26.3. The number of benzene rings is 2. The van der Waals surface area contributed by atoms with Crippen LogP contribution < -0.4 is 5.82 Å². The number of aromatic nitrogens is 6. The summed E-state index contributed by atoms with van der Waals surface area (Å²) in [5.41, 5.74) is 1.96. The molecule has 0 spiro atoms. The number of tetrazole rings is 1. The first-order valence-electron chi connectivity index (χ1n) is 17.5. The summed E-state index contributed by atoms with van der Waals surface area (Å²) in [4.78, 5) is 47.4.